The van der Waals surface area contributed by atoms with Crippen LogP contribution in [0.5, 0.6) is 0 Å². The van der Waals surface area contributed by atoms with E-state index in [4.69, 9.17) is 9.40 Å². The molecule has 0 unspecified atom stereocenters. The number of hydrogen-bond acceptors (Lipinski definition) is 3. The maximum atomic E-state index is 6.24. The first-order valence-corrected chi connectivity index (χ1v) is 14.1. The Labute approximate surface area is 241 Å². The van der Waals surface area contributed by atoms with E-state index in [-0.39, 0.29) is 0 Å². The fourth-order valence-electron chi connectivity index (χ4n) is 6.39. The summed E-state index contributed by atoms with van der Waals surface area (Å²) >= 11 is 0. The molecule has 6 aromatic carbocycles. The van der Waals surface area contributed by atoms with Gasteiger partial charge in [0.2, 0.25) is 5.71 Å². The molecule has 42 heavy (non-hydrogen) atoms. The van der Waals surface area contributed by atoms with Gasteiger partial charge in [0.1, 0.15) is 11.4 Å². The molecule has 0 bridgehead atoms. The Morgan fingerprint density at radius 3 is 1.98 bits per heavy atom. The topological polar surface area (TPSA) is 43.9 Å². The standard InChI is InChI=1S/C38H23N3O/c1-2-10-25(11-3-1)37-40-34-30-14-6-4-12-28(30)29-13-5-7-15-31(29)35(34)41(37)26-21-19-24(20-22-26)27-16-8-17-32-33-18-9-23-39-38(33)42-36(27)32/h1-23H. The largest absolute Gasteiger partial charge is 0.437 e. The van der Waals surface area contributed by atoms with E-state index in [0.717, 1.165) is 61.0 Å². The molecule has 0 atom stereocenters. The molecule has 4 heteroatoms. The third-order valence-corrected chi connectivity index (χ3v) is 8.28. The summed E-state index contributed by atoms with van der Waals surface area (Å²) in [5.41, 5.74) is 7.90. The molecule has 0 saturated heterocycles. The Hall–Kier alpha value is -5.74. The maximum Gasteiger partial charge on any atom is 0.227 e. The molecule has 9 aromatic rings. The molecule has 0 fully saturated rings. The molecule has 4 nitrogen and oxygen atoms in total. The van der Waals surface area contributed by atoms with Crippen molar-refractivity contribution in [3.8, 4) is 28.2 Å². The van der Waals surface area contributed by atoms with Gasteiger partial charge < -0.3 is 4.42 Å². The molecule has 0 spiro atoms. The number of imidazole rings is 1. The van der Waals surface area contributed by atoms with Crippen molar-refractivity contribution in [3.05, 3.63) is 140 Å². The molecule has 9 rings (SSSR count). The van der Waals surface area contributed by atoms with Gasteiger partial charge in [-0.3, -0.25) is 4.57 Å². The quantitative estimate of drug-likeness (QED) is 0.211. The van der Waals surface area contributed by atoms with Gasteiger partial charge in [-0.1, -0.05) is 109 Å². The number of para-hydroxylation sites is 1. The lowest BCUT2D eigenvalue weighted by atomic mass is 9.99. The third kappa shape index (κ3) is 3.29. The number of hydrogen-bond donors (Lipinski definition) is 0. The Balaban J connectivity index is 1.31. The van der Waals surface area contributed by atoms with Gasteiger partial charge in [0, 0.05) is 44.6 Å². The Morgan fingerprint density at radius 1 is 0.500 bits per heavy atom. The second-order valence-corrected chi connectivity index (χ2v) is 10.6. The average molecular weight is 538 g/mol. The summed E-state index contributed by atoms with van der Waals surface area (Å²) in [5.74, 6) is 0.922. The van der Waals surface area contributed by atoms with Gasteiger partial charge in [-0.15, -0.1) is 0 Å². The van der Waals surface area contributed by atoms with Crippen LogP contribution in [0.1, 0.15) is 0 Å². The van der Waals surface area contributed by atoms with E-state index in [0.29, 0.717) is 5.71 Å². The molecular weight excluding hydrogens is 514 g/mol. The van der Waals surface area contributed by atoms with Crippen molar-refractivity contribution >= 4 is 54.6 Å². The van der Waals surface area contributed by atoms with Crippen LogP contribution in [-0.2, 0) is 0 Å². The van der Waals surface area contributed by atoms with Crippen molar-refractivity contribution in [2.75, 3.05) is 0 Å². The van der Waals surface area contributed by atoms with Crippen LogP contribution < -0.4 is 0 Å². The zero-order valence-electron chi connectivity index (χ0n) is 22.5. The van der Waals surface area contributed by atoms with Crippen LogP contribution in [-0.4, -0.2) is 14.5 Å². The van der Waals surface area contributed by atoms with Crippen LogP contribution in [0.4, 0.5) is 0 Å². The summed E-state index contributed by atoms with van der Waals surface area (Å²) < 4.78 is 8.55. The normalized spacial score (nSPS) is 11.8. The van der Waals surface area contributed by atoms with E-state index in [2.05, 4.69) is 131 Å². The van der Waals surface area contributed by atoms with E-state index in [9.17, 15) is 0 Å². The minimum Gasteiger partial charge on any atom is -0.437 e. The molecule has 0 saturated carbocycles. The van der Waals surface area contributed by atoms with Crippen LogP contribution >= 0.6 is 0 Å². The average Bonchev–Trinajstić information content (AvgIpc) is 3.65. The van der Waals surface area contributed by atoms with Gasteiger partial charge in [0.05, 0.1) is 11.0 Å². The number of furan rings is 1. The molecule has 0 N–H and O–H groups in total. The van der Waals surface area contributed by atoms with Crippen molar-refractivity contribution in [2.24, 2.45) is 0 Å². The summed E-state index contributed by atoms with van der Waals surface area (Å²) in [5, 5.41) is 6.89. The van der Waals surface area contributed by atoms with Gasteiger partial charge in [0.25, 0.3) is 0 Å². The van der Waals surface area contributed by atoms with Gasteiger partial charge in [-0.25, -0.2) is 9.97 Å². The van der Waals surface area contributed by atoms with Crippen molar-refractivity contribution in [3.63, 3.8) is 0 Å². The van der Waals surface area contributed by atoms with E-state index in [1.165, 1.54) is 16.2 Å². The molecule has 0 amide bonds. The minimum atomic E-state index is 0.660. The minimum absolute atomic E-state index is 0.660. The number of pyridine rings is 1. The van der Waals surface area contributed by atoms with Crippen molar-refractivity contribution in [1.29, 1.82) is 0 Å². The maximum absolute atomic E-state index is 6.24. The third-order valence-electron chi connectivity index (χ3n) is 8.28. The molecule has 3 heterocycles. The Kier molecular flexibility index (Phi) is 4.87. The SMILES string of the molecule is c1ccc(-c2nc3c4ccccc4c4ccccc4c3n2-c2ccc(-c3cccc4c3oc3ncccc34)cc2)cc1. The van der Waals surface area contributed by atoms with Crippen LogP contribution in [0.3, 0.4) is 0 Å². The molecule has 0 aliphatic heterocycles. The van der Waals surface area contributed by atoms with E-state index in [1.807, 2.05) is 12.1 Å². The lowest BCUT2D eigenvalue weighted by Crippen LogP contribution is -1.98. The lowest BCUT2D eigenvalue weighted by molar-refractivity contribution is 0.655. The zero-order valence-corrected chi connectivity index (χ0v) is 22.5. The fraction of sp³-hybridized carbons (Fsp3) is 0. The van der Waals surface area contributed by atoms with Gasteiger partial charge in [0.15, 0.2) is 0 Å². The predicted octanol–water partition coefficient (Wildman–Crippen LogP) is 9.96. The van der Waals surface area contributed by atoms with E-state index in [1.54, 1.807) is 6.20 Å². The zero-order chi connectivity index (χ0) is 27.6. The Bertz CT molecular complexity index is 2450. The highest BCUT2D eigenvalue weighted by molar-refractivity contribution is 6.24. The van der Waals surface area contributed by atoms with Crippen LogP contribution in [0.25, 0.3) is 82.8 Å². The first-order valence-electron chi connectivity index (χ1n) is 14.1. The van der Waals surface area contributed by atoms with Crippen molar-refractivity contribution in [2.45, 2.75) is 0 Å². The summed E-state index contributed by atoms with van der Waals surface area (Å²) in [6, 6.07) is 46.7. The van der Waals surface area contributed by atoms with Crippen LogP contribution in [0, 0.1) is 0 Å². The predicted molar refractivity (Wildman–Crippen MR) is 172 cm³/mol. The van der Waals surface area contributed by atoms with Crippen LogP contribution in [0.2, 0.25) is 0 Å². The summed E-state index contributed by atoms with van der Waals surface area (Å²) in [7, 11) is 0. The monoisotopic (exact) mass is 537 g/mol. The lowest BCUT2D eigenvalue weighted by Gasteiger charge is -2.13. The molecule has 0 radical (unpaired) electrons. The van der Waals surface area contributed by atoms with Gasteiger partial charge >= 0.3 is 0 Å². The first-order chi connectivity index (χ1) is 20.8. The second-order valence-electron chi connectivity index (χ2n) is 10.6. The molecule has 0 aliphatic carbocycles. The number of benzene rings is 6. The summed E-state index contributed by atoms with van der Waals surface area (Å²) in [6.07, 6.45) is 1.77. The first kappa shape index (κ1) is 23.0. The van der Waals surface area contributed by atoms with E-state index >= 15 is 0 Å². The Morgan fingerprint density at radius 2 is 1.17 bits per heavy atom. The summed E-state index contributed by atoms with van der Waals surface area (Å²) in [6.45, 7) is 0. The van der Waals surface area contributed by atoms with Crippen LogP contribution in [0.15, 0.2) is 144 Å². The number of aromatic nitrogens is 3. The fourth-order valence-corrected chi connectivity index (χ4v) is 6.39. The second kappa shape index (κ2) is 8.88. The smallest absolute Gasteiger partial charge is 0.227 e. The van der Waals surface area contributed by atoms with E-state index < -0.39 is 0 Å². The number of fused-ring (bicyclic) bond motifs is 9. The summed E-state index contributed by atoms with van der Waals surface area (Å²) in [4.78, 5) is 9.76. The highest BCUT2D eigenvalue weighted by Crippen LogP contribution is 2.40. The van der Waals surface area contributed by atoms with Crippen molar-refractivity contribution in [1.82, 2.24) is 14.5 Å². The molecular formula is C38H23N3O. The molecule has 3 aromatic heterocycles. The van der Waals surface area contributed by atoms with Gasteiger partial charge in [-0.05, 0) is 40.6 Å². The highest BCUT2D eigenvalue weighted by atomic mass is 16.3. The van der Waals surface area contributed by atoms with Crippen molar-refractivity contribution < 1.29 is 4.42 Å². The number of nitrogens with zero attached hydrogens (tertiary/aromatic N) is 3. The molecule has 0 aliphatic rings. The van der Waals surface area contributed by atoms with Gasteiger partial charge in [-0.2, -0.15) is 0 Å². The highest BCUT2D eigenvalue weighted by Gasteiger charge is 2.20. The molecule has 196 valence electrons. The number of rotatable bonds is 3.